The van der Waals surface area contributed by atoms with Gasteiger partial charge in [-0.05, 0) is 42.5 Å². The quantitative estimate of drug-likeness (QED) is 0.686. The van der Waals surface area contributed by atoms with Crippen LogP contribution in [0.1, 0.15) is 5.56 Å². The zero-order valence-corrected chi connectivity index (χ0v) is 13.6. The highest BCUT2D eigenvalue weighted by Crippen LogP contribution is 2.25. The molecule has 0 bridgehead atoms. The first kappa shape index (κ1) is 16.3. The average molecular weight is 339 g/mol. The summed E-state index contributed by atoms with van der Waals surface area (Å²) >= 11 is 5.96. The number of nitrogens with two attached hydrogens (primary N) is 1. The molecule has 0 amide bonds. The molecule has 0 fully saturated rings. The van der Waals surface area contributed by atoms with E-state index >= 15 is 0 Å². The minimum absolute atomic E-state index is 0.234. The van der Waals surface area contributed by atoms with Crippen LogP contribution < -0.4 is 10.5 Å². The molecular weight excluding hydrogens is 324 g/mol. The van der Waals surface area contributed by atoms with Gasteiger partial charge < -0.3 is 10.5 Å². The smallest absolute Gasteiger partial charge is 0.175 e. The Kier molecular flexibility index (Phi) is 4.73. The predicted molar refractivity (Wildman–Crippen MR) is 87.9 cm³/mol. The molecule has 0 aliphatic heterocycles. The van der Waals surface area contributed by atoms with Crippen LogP contribution in [0.4, 0.5) is 5.69 Å². The number of sulfone groups is 1. The topological polar surface area (TPSA) is 81.8 Å². The molecule has 7 heteroatoms. The first-order chi connectivity index (χ1) is 10.3. The Hall–Kier alpha value is -2.05. The Morgan fingerprint density at radius 3 is 2.36 bits per heavy atom. The normalized spacial score (nSPS) is 12.2. The van der Waals surface area contributed by atoms with Crippen LogP contribution in [0.3, 0.4) is 0 Å². The summed E-state index contributed by atoms with van der Waals surface area (Å²) in [5, 5.41) is 0.483. The number of amidine groups is 1. The van der Waals surface area contributed by atoms with Gasteiger partial charge in [0.15, 0.2) is 9.84 Å². The predicted octanol–water partition coefficient (Wildman–Crippen LogP) is 2.79. The lowest BCUT2D eigenvalue weighted by Crippen LogP contribution is -2.12. The van der Waals surface area contributed by atoms with Gasteiger partial charge >= 0.3 is 0 Å². The SMILES string of the molecule is COc1cc(C(N)=Nc2ccc(S(C)(=O)=O)cc2)ccc1Cl. The Morgan fingerprint density at radius 1 is 1.18 bits per heavy atom. The molecule has 2 aromatic carbocycles. The third-order valence-corrected chi connectivity index (χ3v) is 4.40. The van der Waals surface area contributed by atoms with Crippen molar-refractivity contribution in [1.29, 1.82) is 0 Å². The molecule has 5 nitrogen and oxygen atoms in total. The number of methoxy groups -OCH3 is 1. The molecule has 0 unspecified atom stereocenters. The lowest BCUT2D eigenvalue weighted by Gasteiger charge is -2.06. The zero-order valence-electron chi connectivity index (χ0n) is 12.1. The zero-order chi connectivity index (χ0) is 16.3. The summed E-state index contributed by atoms with van der Waals surface area (Å²) in [6.45, 7) is 0. The minimum atomic E-state index is -3.22. The van der Waals surface area contributed by atoms with E-state index in [1.54, 1.807) is 30.3 Å². The molecule has 0 heterocycles. The molecule has 0 aromatic heterocycles. The van der Waals surface area contributed by atoms with Crippen LogP contribution in [-0.2, 0) is 9.84 Å². The van der Waals surface area contributed by atoms with Crippen molar-refractivity contribution in [2.75, 3.05) is 13.4 Å². The van der Waals surface area contributed by atoms with Crippen LogP contribution in [-0.4, -0.2) is 27.6 Å². The first-order valence-corrected chi connectivity index (χ1v) is 8.56. The van der Waals surface area contributed by atoms with Gasteiger partial charge in [-0.3, -0.25) is 0 Å². The number of rotatable bonds is 4. The molecule has 116 valence electrons. The van der Waals surface area contributed by atoms with Crippen LogP contribution in [0, 0.1) is 0 Å². The van der Waals surface area contributed by atoms with E-state index < -0.39 is 9.84 Å². The molecule has 2 rings (SSSR count). The van der Waals surface area contributed by atoms with Crippen LogP contribution in [0.25, 0.3) is 0 Å². The fourth-order valence-corrected chi connectivity index (χ4v) is 2.62. The molecule has 0 saturated carbocycles. The van der Waals surface area contributed by atoms with Crippen molar-refractivity contribution in [3.05, 3.63) is 53.1 Å². The van der Waals surface area contributed by atoms with E-state index in [2.05, 4.69) is 4.99 Å². The van der Waals surface area contributed by atoms with Gasteiger partial charge in [0.05, 0.1) is 22.7 Å². The summed E-state index contributed by atoms with van der Waals surface area (Å²) in [5.41, 5.74) is 7.17. The van der Waals surface area contributed by atoms with Crippen LogP contribution in [0.5, 0.6) is 5.75 Å². The fraction of sp³-hybridized carbons (Fsp3) is 0.133. The third-order valence-electron chi connectivity index (χ3n) is 2.96. The van der Waals surface area contributed by atoms with E-state index in [0.29, 0.717) is 22.0 Å². The lowest BCUT2D eigenvalue weighted by molar-refractivity contribution is 0.415. The highest BCUT2D eigenvalue weighted by atomic mass is 35.5. The van der Waals surface area contributed by atoms with Crippen LogP contribution in [0.15, 0.2) is 52.4 Å². The number of benzene rings is 2. The summed E-state index contributed by atoms with van der Waals surface area (Å²) in [6.07, 6.45) is 1.15. The summed E-state index contributed by atoms with van der Waals surface area (Å²) in [7, 11) is -1.71. The summed E-state index contributed by atoms with van der Waals surface area (Å²) < 4.78 is 27.9. The fourth-order valence-electron chi connectivity index (χ4n) is 1.79. The monoisotopic (exact) mass is 338 g/mol. The van der Waals surface area contributed by atoms with Crippen molar-refractivity contribution in [3.63, 3.8) is 0 Å². The largest absolute Gasteiger partial charge is 0.495 e. The van der Waals surface area contributed by atoms with Gasteiger partial charge in [-0.15, -0.1) is 0 Å². The highest BCUT2D eigenvalue weighted by molar-refractivity contribution is 7.90. The van der Waals surface area contributed by atoms with Gasteiger partial charge in [-0.25, -0.2) is 13.4 Å². The number of hydrogen-bond acceptors (Lipinski definition) is 4. The Morgan fingerprint density at radius 2 is 1.82 bits per heavy atom. The molecule has 0 aliphatic carbocycles. The van der Waals surface area contributed by atoms with Gasteiger partial charge in [-0.2, -0.15) is 0 Å². The Bertz CT molecular complexity index is 815. The second-order valence-corrected chi connectivity index (χ2v) is 7.04. The Labute approximate surface area is 134 Å². The van der Waals surface area contributed by atoms with Crippen molar-refractivity contribution < 1.29 is 13.2 Å². The standard InChI is InChI=1S/C15H15ClN2O3S/c1-21-14-9-10(3-8-13(14)16)15(17)18-11-4-6-12(7-5-11)22(2,19)20/h3-9H,1-2H3,(H2,17,18). The maximum Gasteiger partial charge on any atom is 0.175 e. The third kappa shape index (κ3) is 3.78. The van der Waals surface area contributed by atoms with Gasteiger partial charge in [-0.1, -0.05) is 11.6 Å². The number of nitrogens with zero attached hydrogens (tertiary/aromatic N) is 1. The molecule has 2 N–H and O–H groups in total. The average Bonchev–Trinajstić information content (AvgIpc) is 2.47. The van der Waals surface area contributed by atoms with Crippen molar-refractivity contribution in [3.8, 4) is 5.75 Å². The molecule has 0 atom stereocenters. The molecule has 0 saturated heterocycles. The molecule has 2 aromatic rings. The van der Waals surface area contributed by atoms with Crippen LogP contribution in [0.2, 0.25) is 5.02 Å². The van der Waals surface area contributed by atoms with Crippen molar-refractivity contribution in [2.24, 2.45) is 10.7 Å². The summed E-state index contributed by atoms with van der Waals surface area (Å²) in [4.78, 5) is 4.49. The van der Waals surface area contributed by atoms with Gasteiger partial charge in [0, 0.05) is 11.8 Å². The molecular formula is C15H15ClN2O3S. The van der Waals surface area contributed by atoms with E-state index in [0.717, 1.165) is 6.26 Å². The van der Waals surface area contributed by atoms with E-state index in [4.69, 9.17) is 22.1 Å². The first-order valence-electron chi connectivity index (χ1n) is 6.29. The van der Waals surface area contributed by atoms with Gasteiger partial charge in [0.25, 0.3) is 0 Å². The van der Waals surface area contributed by atoms with Gasteiger partial charge in [0.1, 0.15) is 11.6 Å². The second-order valence-electron chi connectivity index (χ2n) is 4.61. The highest BCUT2D eigenvalue weighted by Gasteiger charge is 2.07. The van der Waals surface area contributed by atoms with Crippen molar-refractivity contribution >= 4 is 33.0 Å². The molecule has 0 spiro atoms. The van der Waals surface area contributed by atoms with Crippen molar-refractivity contribution in [2.45, 2.75) is 4.90 Å². The number of halogens is 1. The van der Waals surface area contributed by atoms with Crippen molar-refractivity contribution in [1.82, 2.24) is 0 Å². The number of ether oxygens (including phenoxy) is 1. The maximum absolute atomic E-state index is 11.4. The van der Waals surface area contributed by atoms with E-state index in [9.17, 15) is 8.42 Å². The van der Waals surface area contributed by atoms with E-state index in [1.807, 2.05) is 0 Å². The molecule has 22 heavy (non-hydrogen) atoms. The molecule has 0 radical (unpaired) electrons. The van der Waals surface area contributed by atoms with Crippen LogP contribution >= 0.6 is 11.6 Å². The summed E-state index contributed by atoms with van der Waals surface area (Å²) in [6, 6.07) is 11.3. The second kappa shape index (κ2) is 6.37. The molecule has 0 aliphatic rings. The number of hydrogen-bond donors (Lipinski definition) is 1. The summed E-state index contributed by atoms with van der Waals surface area (Å²) in [5.74, 6) is 0.784. The van der Waals surface area contributed by atoms with E-state index in [1.165, 1.54) is 19.2 Å². The minimum Gasteiger partial charge on any atom is -0.495 e. The Balaban J connectivity index is 2.32. The lowest BCUT2D eigenvalue weighted by atomic mass is 10.2. The van der Waals surface area contributed by atoms with Gasteiger partial charge in [0.2, 0.25) is 0 Å². The van der Waals surface area contributed by atoms with E-state index in [-0.39, 0.29) is 10.7 Å². The maximum atomic E-state index is 11.4. The number of aliphatic imine (C=N–C) groups is 1.